The van der Waals surface area contributed by atoms with Crippen molar-refractivity contribution in [3.05, 3.63) is 21.9 Å². The summed E-state index contributed by atoms with van der Waals surface area (Å²) in [5.41, 5.74) is 6.88. The molecule has 0 atom stereocenters. The SMILES string of the molecule is CC(C)Cc1cc(CCN)cs1. The topological polar surface area (TPSA) is 26.0 Å². The second kappa shape index (κ2) is 4.63. The van der Waals surface area contributed by atoms with Gasteiger partial charge in [0.1, 0.15) is 0 Å². The van der Waals surface area contributed by atoms with E-state index in [1.165, 1.54) is 16.9 Å². The molecule has 0 aliphatic carbocycles. The molecule has 68 valence electrons. The normalized spacial score (nSPS) is 11.0. The minimum absolute atomic E-state index is 0.759. The summed E-state index contributed by atoms with van der Waals surface area (Å²) < 4.78 is 0. The van der Waals surface area contributed by atoms with E-state index in [-0.39, 0.29) is 0 Å². The average molecular weight is 183 g/mol. The van der Waals surface area contributed by atoms with Crippen molar-refractivity contribution in [2.24, 2.45) is 11.7 Å². The van der Waals surface area contributed by atoms with Gasteiger partial charge in [-0.15, -0.1) is 11.3 Å². The van der Waals surface area contributed by atoms with E-state index in [1.807, 2.05) is 11.3 Å². The smallest absolute Gasteiger partial charge is 0.00506 e. The molecule has 0 aliphatic rings. The van der Waals surface area contributed by atoms with Crippen molar-refractivity contribution < 1.29 is 0 Å². The highest BCUT2D eigenvalue weighted by Gasteiger charge is 2.01. The van der Waals surface area contributed by atoms with Gasteiger partial charge >= 0.3 is 0 Å². The lowest BCUT2D eigenvalue weighted by Crippen LogP contribution is -2.01. The zero-order valence-electron chi connectivity index (χ0n) is 7.84. The first-order chi connectivity index (χ1) is 5.72. The maximum atomic E-state index is 5.48. The largest absolute Gasteiger partial charge is 0.330 e. The molecule has 0 radical (unpaired) electrons. The van der Waals surface area contributed by atoms with E-state index < -0.39 is 0 Å². The van der Waals surface area contributed by atoms with Gasteiger partial charge in [0.05, 0.1) is 0 Å². The van der Waals surface area contributed by atoms with Crippen LogP contribution in [0.2, 0.25) is 0 Å². The van der Waals surface area contributed by atoms with Gasteiger partial charge < -0.3 is 5.73 Å². The minimum atomic E-state index is 0.759. The lowest BCUT2D eigenvalue weighted by molar-refractivity contribution is 0.654. The Morgan fingerprint density at radius 1 is 1.50 bits per heavy atom. The molecule has 0 bridgehead atoms. The Morgan fingerprint density at radius 2 is 2.25 bits per heavy atom. The molecule has 12 heavy (non-hydrogen) atoms. The summed E-state index contributed by atoms with van der Waals surface area (Å²) in [5.74, 6) is 0.759. The number of hydrogen-bond acceptors (Lipinski definition) is 2. The predicted molar refractivity (Wildman–Crippen MR) is 55.6 cm³/mol. The van der Waals surface area contributed by atoms with Crippen LogP contribution >= 0.6 is 11.3 Å². The van der Waals surface area contributed by atoms with Crippen molar-refractivity contribution in [3.63, 3.8) is 0 Å². The van der Waals surface area contributed by atoms with Crippen LogP contribution in [0, 0.1) is 5.92 Å². The molecule has 0 aliphatic heterocycles. The van der Waals surface area contributed by atoms with Crippen LogP contribution in [0.15, 0.2) is 11.4 Å². The monoisotopic (exact) mass is 183 g/mol. The number of hydrogen-bond donors (Lipinski definition) is 1. The van der Waals surface area contributed by atoms with Crippen molar-refractivity contribution in [1.29, 1.82) is 0 Å². The molecule has 0 spiro atoms. The van der Waals surface area contributed by atoms with Crippen molar-refractivity contribution >= 4 is 11.3 Å². The molecule has 1 aromatic heterocycles. The Morgan fingerprint density at radius 3 is 2.83 bits per heavy atom. The number of rotatable bonds is 4. The third-order valence-corrected chi connectivity index (χ3v) is 2.76. The fourth-order valence-corrected chi connectivity index (χ4v) is 2.37. The quantitative estimate of drug-likeness (QED) is 0.762. The molecule has 0 saturated heterocycles. The lowest BCUT2D eigenvalue weighted by atomic mass is 10.1. The summed E-state index contributed by atoms with van der Waals surface area (Å²) in [6.45, 7) is 5.27. The highest BCUT2D eigenvalue weighted by atomic mass is 32.1. The van der Waals surface area contributed by atoms with Crippen LogP contribution in [0.5, 0.6) is 0 Å². The molecule has 0 saturated carbocycles. The minimum Gasteiger partial charge on any atom is -0.330 e. The molecular weight excluding hydrogens is 166 g/mol. The van der Waals surface area contributed by atoms with Gasteiger partial charge in [-0.1, -0.05) is 13.8 Å². The first kappa shape index (κ1) is 9.75. The molecule has 1 heterocycles. The van der Waals surface area contributed by atoms with Gasteiger partial charge in [-0.3, -0.25) is 0 Å². The summed E-state index contributed by atoms with van der Waals surface area (Å²) in [5, 5.41) is 2.23. The molecule has 1 aromatic rings. The van der Waals surface area contributed by atoms with Crippen LogP contribution in [0.3, 0.4) is 0 Å². The lowest BCUT2D eigenvalue weighted by Gasteiger charge is -1.99. The van der Waals surface area contributed by atoms with Crippen LogP contribution in [0.25, 0.3) is 0 Å². The molecule has 0 fully saturated rings. The second-order valence-electron chi connectivity index (χ2n) is 3.56. The Balaban J connectivity index is 2.52. The maximum absolute atomic E-state index is 5.48. The molecule has 0 aromatic carbocycles. The van der Waals surface area contributed by atoms with E-state index >= 15 is 0 Å². The van der Waals surface area contributed by atoms with Gasteiger partial charge in [0.15, 0.2) is 0 Å². The fourth-order valence-electron chi connectivity index (χ4n) is 1.23. The van der Waals surface area contributed by atoms with Crippen LogP contribution in [-0.2, 0) is 12.8 Å². The zero-order chi connectivity index (χ0) is 8.97. The van der Waals surface area contributed by atoms with Crippen molar-refractivity contribution in [2.75, 3.05) is 6.54 Å². The molecular formula is C10H17NS. The first-order valence-electron chi connectivity index (χ1n) is 4.48. The fraction of sp³-hybridized carbons (Fsp3) is 0.600. The van der Waals surface area contributed by atoms with Crippen LogP contribution in [-0.4, -0.2) is 6.54 Å². The maximum Gasteiger partial charge on any atom is 0.00506 e. The molecule has 1 nitrogen and oxygen atoms in total. The van der Waals surface area contributed by atoms with E-state index in [0.717, 1.165) is 18.9 Å². The molecule has 1 rings (SSSR count). The highest BCUT2D eigenvalue weighted by molar-refractivity contribution is 7.10. The van der Waals surface area contributed by atoms with E-state index in [0.29, 0.717) is 0 Å². The molecule has 0 unspecified atom stereocenters. The Hall–Kier alpha value is -0.340. The van der Waals surface area contributed by atoms with Gasteiger partial charge in [0, 0.05) is 4.88 Å². The van der Waals surface area contributed by atoms with Gasteiger partial charge in [-0.25, -0.2) is 0 Å². The third-order valence-electron chi connectivity index (χ3n) is 1.75. The predicted octanol–water partition coefficient (Wildman–Crippen LogP) is 2.45. The summed E-state index contributed by atoms with van der Waals surface area (Å²) in [7, 11) is 0. The highest BCUT2D eigenvalue weighted by Crippen LogP contribution is 2.18. The molecule has 2 N–H and O–H groups in total. The number of nitrogens with two attached hydrogens (primary N) is 1. The summed E-state index contributed by atoms with van der Waals surface area (Å²) in [6, 6.07) is 2.29. The first-order valence-corrected chi connectivity index (χ1v) is 5.36. The van der Waals surface area contributed by atoms with E-state index in [1.54, 1.807) is 0 Å². The van der Waals surface area contributed by atoms with Crippen LogP contribution in [0.1, 0.15) is 24.3 Å². The molecule has 0 amide bonds. The van der Waals surface area contributed by atoms with Gasteiger partial charge in [0.25, 0.3) is 0 Å². The number of thiophene rings is 1. The Bertz CT molecular complexity index is 227. The van der Waals surface area contributed by atoms with E-state index in [4.69, 9.17) is 5.73 Å². The van der Waals surface area contributed by atoms with E-state index in [9.17, 15) is 0 Å². The van der Waals surface area contributed by atoms with Crippen molar-refractivity contribution in [1.82, 2.24) is 0 Å². The van der Waals surface area contributed by atoms with Gasteiger partial charge in [-0.2, -0.15) is 0 Å². The van der Waals surface area contributed by atoms with Crippen molar-refractivity contribution in [3.8, 4) is 0 Å². The summed E-state index contributed by atoms with van der Waals surface area (Å²) in [6.07, 6.45) is 2.23. The molecule has 2 heteroatoms. The second-order valence-corrected chi connectivity index (χ2v) is 4.55. The average Bonchev–Trinajstić information content (AvgIpc) is 2.36. The summed E-state index contributed by atoms with van der Waals surface area (Å²) in [4.78, 5) is 1.49. The van der Waals surface area contributed by atoms with E-state index in [2.05, 4.69) is 25.3 Å². The standard InChI is InChI=1S/C10H17NS/c1-8(2)5-10-6-9(3-4-11)7-12-10/h6-8H,3-5,11H2,1-2H3. The summed E-state index contributed by atoms with van der Waals surface area (Å²) >= 11 is 1.86. The third kappa shape index (κ3) is 2.95. The Kier molecular flexibility index (Phi) is 3.76. The van der Waals surface area contributed by atoms with Gasteiger partial charge in [0.2, 0.25) is 0 Å². The van der Waals surface area contributed by atoms with Crippen molar-refractivity contribution in [2.45, 2.75) is 26.7 Å². The van der Waals surface area contributed by atoms with Gasteiger partial charge in [-0.05, 0) is 42.3 Å². The van der Waals surface area contributed by atoms with Crippen LogP contribution < -0.4 is 5.73 Å². The van der Waals surface area contributed by atoms with Crippen LogP contribution in [0.4, 0.5) is 0 Å². The Labute approximate surface area is 78.6 Å². The zero-order valence-corrected chi connectivity index (χ0v) is 8.66.